The Balaban J connectivity index is 1.48. The molecule has 0 aromatic carbocycles. The van der Waals surface area contributed by atoms with E-state index in [1.165, 1.54) is 6.08 Å². The first kappa shape index (κ1) is 32.2. The van der Waals surface area contributed by atoms with E-state index in [2.05, 4.69) is 18.3 Å². The summed E-state index contributed by atoms with van der Waals surface area (Å²) in [7, 11) is 3.45. The van der Waals surface area contributed by atoms with Crippen molar-refractivity contribution in [2.45, 2.75) is 109 Å². The largest absolute Gasteiger partial charge is 0.387 e. The molecule has 0 aromatic heterocycles. The van der Waals surface area contributed by atoms with Gasteiger partial charge in [0.05, 0.1) is 31.0 Å². The van der Waals surface area contributed by atoms with Gasteiger partial charge in [-0.1, -0.05) is 43.7 Å². The zero-order valence-electron chi connectivity index (χ0n) is 25.1. The number of carbonyl (C=O) groups excluding carboxylic acids is 3. The summed E-state index contributed by atoms with van der Waals surface area (Å²) in [6.07, 6.45) is 10.3. The second-order valence-corrected chi connectivity index (χ2v) is 12.2. The third kappa shape index (κ3) is 9.09. The Morgan fingerprint density at radius 2 is 1.85 bits per heavy atom. The van der Waals surface area contributed by atoms with E-state index >= 15 is 0 Å². The van der Waals surface area contributed by atoms with Gasteiger partial charge in [-0.3, -0.25) is 14.4 Å². The third-order valence-electron chi connectivity index (χ3n) is 8.14. The molecule has 3 rings (SSSR count). The molecular formula is C31H48N2O7. The van der Waals surface area contributed by atoms with Gasteiger partial charge in [-0.05, 0) is 51.5 Å². The molecule has 2 amide bonds. The van der Waals surface area contributed by atoms with Crippen molar-refractivity contribution in [3.63, 3.8) is 0 Å². The highest BCUT2D eigenvalue weighted by Crippen LogP contribution is 2.43. The summed E-state index contributed by atoms with van der Waals surface area (Å²) in [5.74, 6) is 0.148. The topological polar surface area (TPSA) is 118 Å². The van der Waals surface area contributed by atoms with Crippen LogP contribution in [0.4, 0.5) is 0 Å². The first-order valence-electron chi connectivity index (χ1n) is 14.5. The number of rotatable bonds is 11. The number of nitrogens with one attached hydrogen (secondary N) is 1. The minimum atomic E-state index is -0.756. The molecular weight excluding hydrogens is 512 g/mol. The highest BCUT2D eigenvalue weighted by molar-refractivity contribution is 5.88. The summed E-state index contributed by atoms with van der Waals surface area (Å²) >= 11 is 0. The third-order valence-corrected chi connectivity index (χ3v) is 8.14. The number of amides is 2. The fourth-order valence-corrected chi connectivity index (χ4v) is 5.46. The van der Waals surface area contributed by atoms with Crippen molar-refractivity contribution < 1.29 is 33.7 Å². The summed E-state index contributed by atoms with van der Waals surface area (Å²) in [4.78, 5) is 37.5. The van der Waals surface area contributed by atoms with Gasteiger partial charge in [-0.2, -0.15) is 0 Å². The van der Waals surface area contributed by atoms with Crippen LogP contribution in [0.15, 0.2) is 36.0 Å². The van der Waals surface area contributed by atoms with Crippen molar-refractivity contribution in [1.29, 1.82) is 0 Å². The lowest BCUT2D eigenvalue weighted by atomic mass is 9.87. The quantitative estimate of drug-likeness (QED) is 0.227. The van der Waals surface area contributed by atoms with Crippen LogP contribution in [0, 0.1) is 11.8 Å². The Morgan fingerprint density at radius 1 is 1.15 bits per heavy atom. The maximum atomic E-state index is 12.5. The molecule has 224 valence electrons. The fraction of sp³-hybridized carbons (Fsp3) is 0.710. The molecule has 3 heterocycles. The van der Waals surface area contributed by atoms with Crippen LogP contribution in [-0.2, 0) is 28.6 Å². The average Bonchev–Trinajstić information content (AvgIpc) is 3.64. The standard InChI is InChI=1S/C31H48N2O7/c1-19(9-12-27-30(37)31(18-38-31)17-24(40-27)16-22(4)34)8-11-26-21(3)15-25(23(5)39-26)32-28(35)13-10-20(2)14-29(36)33(6)7/h8-10,12-13,20-21,23-27,30,37H,11,14-18H2,1-7H3,(H,32,35)/b12-9+,13-10-,19-8+/t20-,21-,23+,24+,25+,26-,27+,30+,31+/m0/s1. The highest BCUT2D eigenvalue weighted by atomic mass is 16.6. The molecule has 0 aliphatic carbocycles. The number of carbonyl (C=O) groups is 3. The normalized spacial score (nSPS) is 35.2. The maximum absolute atomic E-state index is 12.5. The maximum Gasteiger partial charge on any atom is 0.243 e. The monoisotopic (exact) mass is 560 g/mol. The van der Waals surface area contributed by atoms with Crippen LogP contribution in [0.3, 0.4) is 0 Å². The second kappa shape index (κ2) is 14.0. The lowest BCUT2D eigenvalue weighted by Crippen LogP contribution is -2.50. The van der Waals surface area contributed by atoms with Crippen LogP contribution >= 0.6 is 0 Å². The van der Waals surface area contributed by atoms with E-state index in [9.17, 15) is 19.5 Å². The van der Waals surface area contributed by atoms with Gasteiger partial charge in [0.15, 0.2) is 0 Å². The molecule has 3 aliphatic rings. The van der Waals surface area contributed by atoms with Crippen molar-refractivity contribution in [3.05, 3.63) is 36.0 Å². The Kier molecular flexibility index (Phi) is 11.3. The molecule has 9 heteroatoms. The molecule has 3 aliphatic heterocycles. The fourth-order valence-electron chi connectivity index (χ4n) is 5.46. The van der Waals surface area contributed by atoms with Gasteiger partial charge in [0, 0.05) is 33.4 Å². The van der Waals surface area contributed by atoms with E-state index < -0.39 is 17.8 Å². The number of nitrogens with zero attached hydrogens (tertiary/aromatic N) is 1. The van der Waals surface area contributed by atoms with Crippen LogP contribution in [-0.4, -0.2) is 90.5 Å². The first-order valence-corrected chi connectivity index (χ1v) is 14.5. The number of allylic oxidation sites excluding steroid dienone is 3. The first-order chi connectivity index (χ1) is 18.8. The minimum absolute atomic E-state index is 0.0221. The molecule has 0 aromatic rings. The number of hydrogen-bond acceptors (Lipinski definition) is 7. The zero-order valence-corrected chi connectivity index (χ0v) is 25.1. The smallest absolute Gasteiger partial charge is 0.243 e. The Morgan fingerprint density at radius 3 is 2.48 bits per heavy atom. The van der Waals surface area contributed by atoms with Crippen LogP contribution in [0.1, 0.15) is 66.7 Å². The molecule has 0 saturated carbocycles. The van der Waals surface area contributed by atoms with E-state index in [0.29, 0.717) is 25.9 Å². The average molecular weight is 561 g/mol. The molecule has 40 heavy (non-hydrogen) atoms. The number of epoxide rings is 1. The van der Waals surface area contributed by atoms with E-state index in [1.54, 1.807) is 32.0 Å². The number of hydrogen-bond donors (Lipinski definition) is 2. The van der Waals surface area contributed by atoms with Crippen LogP contribution < -0.4 is 5.32 Å². The lowest BCUT2D eigenvalue weighted by molar-refractivity contribution is -0.143. The number of Topliss-reactive ketones (excluding diaryl/α,β-unsaturated/α-hetero) is 1. The van der Waals surface area contributed by atoms with Crippen LogP contribution in [0.25, 0.3) is 0 Å². The van der Waals surface area contributed by atoms with Crippen LogP contribution in [0.2, 0.25) is 0 Å². The molecule has 3 saturated heterocycles. The summed E-state index contributed by atoms with van der Waals surface area (Å²) in [6, 6.07) is -0.0862. The van der Waals surface area contributed by atoms with Gasteiger partial charge in [0.25, 0.3) is 0 Å². The minimum Gasteiger partial charge on any atom is -0.387 e. The summed E-state index contributed by atoms with van der Waals surface area (Å²) in [6.45, 7) is 10.1. The molecule has 0 bridgehead atoms. The molecule has 2 N–H and O–H groups in total. The number of aliphatic hydroxyl groups excluding tert-OH is 1. The molecule has 9 atom stereocenters. The zero-order chi connectivity index (χ0) is 29.6. The van der Waals surface area contributed by atoms with Gasteiger partial charge in [-0.25, -0.2) is 0 Å². The predicted octanol–water partition coefficient (Wildman–Crippen LogP) is 3.11. The molecule has 0 radical (unpaired) electrons. The second-order valence-electron chi connectivity index (χ2n) is 12.2. The Bertz CT molecular complexity index is 1000. The molecule has 3 fully saturated rings. The number of ether oxygens (including phenoxy) is 3. The molecule has 1 spiro atoms. The number of aliphatic hydroxyl groups is 1. The van der Waals surface area contributed by atoms with E-state index in [1.807, 2.05) is 32.9 Å². The highest BCUT2D eigenvalue weighted by Gasteiger charge is 2.58. The van der Waals surface area contributed by atoms with Gasteiger partial charge >= 0.3 is 0 Å². The van der Waals surface area contributed by atoms with Gasteiger partial charge in [-0.15, -0.1) is 0 Å². The van der Waals surface area contributed by atoms with Gasteiger partial charge in [0.2, 0.25) is 11.8 Å². The van der Waals surface area contributed by atoms with Crippen molar-refractivity contribution in [2.75, 3.05) is 20.7 Å². The van der Waals surface area contributed by atoms with E-state index in [4.69, 9.17) is 14.2 Å². The van der Waals surface area contributed by atoms with Crippen LogP contribution in [0.5, 0.6) is 0 Å². The van der Waals surface area contributed by atoms with E-state index in [-0.39, 0.29) is 53.8 Å². The summed E-state index contributed by atoms with van der Waals surface area (Å²) < 4.78 is 17.9. The summed E-state index contributed by atoms with van der Waals surface area (Å²) in [5.41, 5.74) is 0.443. The predicted molar refractivity (Wildman–Crippen MR) is 152 cm³/mol. The van der Waals surface area contributed by atoms with E-state index in [0.717, 1.165) is 18.4 Å². The Labute approximate surface area is 239 Å². The lowest BCUT2D eigenvalue weighted by Gasteiger charge is -2.39. The Hall–Kier alpha value is -2.33. The van der Waals surface area contributed by atoms with Gasteiger partial charge in [0.1, 0.15) is 23.6 Å². The van der Waals surface area contributed by atoms with Crippen molar-refractivity contribution in [3.8, 4) is 0 Å². The van der Waals surface area contributed by atoms with Crippen molar-refractivity contribution in [2.24, 2.45) is 11.8 Å². The SMILES string of the molecule is CC(=O)C[C@@H]1C[C@@]2(CO2)[C@H](O)[C@@H](/C=C/C(C)=C/C[C@@H]2O[C@H](C)[C@H](NC(=O)/C=C\[C@H](C)CC(=O)N(C)C)C[C@@H]2C)O1. The van der Waals surface area contributed by atoms with Crippen molar-refractivity contribution >= 4 is 17.6 Å². The molecule has 9 nitrogen and oxygen atoms in total. The van der Waals surface area contributed by atoms with Crippen molar-refractivity contribution in [1.82, 2.24) is 10.2 Å². The summed E-state index contributed by atoms with van der Waals surface area (Å²) in [5, 5.41) is 13.8. The molecule has 0 unspecified atom stereocenters. The van der Waals surface area contributed by atoms with Gasteiger partial charge < -0.3 is 29.5 Å². The number of ketones is 1.